The molecule has 0 radical (unpaired) electrons. The second kappa shape index (κ2) is 8.13. The summed E-state index contributed by atoms with van der Waals surface area (Å²) in [5, 5.41) is 3.77. The fourth-order valence-electron chi connectivity index (χ4n) is 3.06. The highest BCUT2D eigenvalue weighted by molar-refractivity contribution is 4.89. The summed E-state index contributed by atoms with van der Waals surface area (Å²) < 4.78 is 0. The molecule has 1 saturated carbocycles. The number of rotatable bonds is 9. The van der Waals surface area contributed by atoms with Gasteiger partial charge < -0.3 is 5.32 Å². The Labute approximate surface area is 109 Å². The molecular weight excluding hydrogens is 206 g/mol. The minimum absolute atomic E-state index is 0.543. The van der Waals surface area contributed by atoms with Crippen molar-refractivity contribution in [3.05, 3.63) is 0 Å². The van der Waals surface area contributed by atoms with Crippen molar-refractivity contribution in [1.29, 1.82) is 0 Å². The Balaban J connectivity index is 1.90. The zero-order valence-electron chi connectivity index (χ0n) is 12.4. The molecule has 1 unspecified atom stereocenters. The molecule has 1 nitrogen and oxygen atoms in total. The maximum atomic E-state index is 3.77. The number of unbranched alkanes of at least 4 members (excludes halogenated alkanes) is 6. The third kappa shape index (κ3) is 5.90. The molecule has 0 saturated heterocycles. The molecule has 0 aromatic carbocycles. The minimum atomic E-state index is 0.543. The lowest BCUT2D eigenvalue weighted by Gasteiger charge is -2.28. The van der Waals surface area contributed by atoms with Crippen molar-refractivity contribution in [2.45, 2.75) is 91.0 Å². The lowest BCUT2D eigenvalue weighted by atomic mass is 9.87. The van der Waals surface area contributed by atoms with E-state index in [1.54, 1.807) is 0 Å². The van der Waals surface area contributed by atoms with E-state index in [9.17, 15) is 0 Å². The molecule has 0 amide bonds. The van der Waals surface area contributed by atoms with E-state index in [0.29, 0.717) is 5.41 Å². The Morgan fingerprint density at radius 2 is 1.65 bits per heavy atom. The molecule has 1 aliphatic carbocycles. The first-order chi connectivity index (χ1) is 8.17. The molecule has 0 aromatic rings. The van der Waals surface area contributed by atoms with E-state index in [4.69, 9.17) is 0 Å². The third-order valence-electron chi connectivity index (χ3n) is 4.43. The molecule has 1 N–H and O–H groups in total. The van der Waals surface area contributed by atoms with Crippen molar-refractivity contribution < 1.29 is 0 Å². The van der Waals surface area contributed by atoms with Gasteiger partial charge in [0.25, 0.3) is 0 Å². The van der Waals surface area contributed by atoms with Gasteiger partial charge in [-0.3, -0.25) is 0 Å². The van der Waals surface area contributed by atoms with Gasteiger partial charge in [-0.2, -0.15) is 0 Å². The van der Waals surface area contributed by atoms with Crippen LogP contribution in [0.4, 0.5) is 0 Å². The van der Waals surface area contributed by atoms with Gasteiger partial charge in [0, 0.05) is 6.04 Å². The number of nitrogens with one attached hydrogen (secondary N) is 1. The van der Waals surface area contributed by atoms with Crippen LogP contribution < -0.4 is 5.32 Å². The first kappa shape index (κ1) is 15.0. The molecule has 102 valence electrons. The monoisotopic (exact) mass is 239 g/mol. The molecule has 1 fully saturated rings. The SMILES string of the molecule is CCCCCCCCCNC1CCCC1(C)C. The van der Waals surface area contributed by atoms with Crippen LogP contribution >= 0.6 is 0 Å². The molecule has 1 atom stereocenters. The Morgan fingerprint density at radius 3 is 2.24 bits per heavy atom. The van der Waals surface area contributed by atoms with Gasteiger partial charge >= 0.3 is 0 Å². The standard InChI is InChI=1S/C16H33N/c1-4-5-6-7-8-9-10-14-17-15-12-11-13-16(15,2)3/h15,17H,4-14H2,1-3H3. The zero-order valence-corrected chi connectivity index (χ0v) is 12.4. The fraction of sp³-hybridized carbons (Fsp3) is 1.00. The van der Waals surface area contributed by atoms with E-state index >= 15 is 0 Å². The van der Waals surface area contributed by atoms with Gasteiger partial charge in [0.05, 0.1) is 0 Å². The smallest absolute Gasteiger partial charge is 0.0118 e. The van der Waals surface area contributed by atoms with Crippen molar-refractivity contribution >= 4 is 0 Å². The lowest BCUT2D eigenvalue weighted by molar-refractivity contribution is 0.282. The second-order valence-electron chi connectivity index (χ2n) is 6.51. The van der Waals surface area contributed by atoms with Crippen molar-refractivity contribution in [2.24, 2.45) is 5.41 Å². The zero-order chi connectivity index (χ0) is 12.6. The van der Waals surface area contributed by atoms with Crippen LogP contribution in [0.5, 0.6) is 0 Å². The average molecular weight is 239 g/mol. The fourth-order valence-corrected chi connectivity index (χ4v) is 3.06. The highest BCUT2D eigenvalue weighted by atomic mass is 14.9. The first-order valence-electron chi connectivity index (χ1n) is 7.90. The average Bonchev–Trinajstić information content (AvgIpc) is 2.62. The minimum Gasteiger partial charge on any atom is -0.313 e. The Kier molecular flexibility index (Phi) is 7.18. The van der Waals surface area contributed by atoms with Crippen LogP contribution in [0, 0.1) is 5.41 Å². The van der Waals surface area contributed by atoms with Crippen LogP contribution in [0.2, 0.25) is 0 Å². The van der Waals surface area contributed by atoms with Gasteiger partial charge in [0.1, 0.15) is 0 Å². The van der Waals surface area contributed by atoms with Crippen LogP contribution in [0.1, 0.15) is 85.0 Å². The van der Waals surface area contributed by atoms with Crippen LogP contribution in [0.25, 0.3) is 0 Å². The summed E-state index contributed by atoms with van der Waals surface area (Å²) in [5.74, 6) is 0. The van der Waals surface area contributed by atoms with E-state index in [1.807, 2.05) is 0 Å². The summed E-state index contributed by atoms with van der Waals surface area (Å²) in [7, 11) is 0. The Bertz CT molecular complexity index is 186. The molecule has 0 heterocycles. The van der Waals surface area contributed by atoms with Crippen molar-refractivity contribution in [2.75, 3.05) is 6.54 Å². The highest BCUT2D eigenvalue weighted by Crippen LogP contribution is 2.37. The van der Waals surface area contributed by atoms with E-state index in [-0.39, 0.29) is 0 Å². The van der Waals surface area contributed by atoms with Gasteiger partial charge in [-0.25, -0.2) is 0 Å². The van der Waals surface area contributed by atoms with Crippen LogP contribution in [-0.4, -0.2) is 12.6 Å². The van der Waals surface area contributed by atoms with Crippen LogP contribution in [0.3, 0.4) is 0 Å². The molecule has 17 heavy (non-hydrogen) atoms. The maximum Gasteiger partial charge on any atom is 0.0118 e. The molecular formula is C16H33N. The predicted octanol–water partition coefficient (Wildman–Crippen LogP) is 4.91. The summed E-state index contributed by atoms with van der Waals surface area (Å²) in [6, 6.07) is 0.780. The summed E-state index contributed by atoms with van der Waals surface area (Å²) in [6.07, 6.45) is 14.1. The van der Waals surface area contributed by atoms with Gasteiger partial charge in [-0.15, -0.1) is 0 Å². The summed E-state index contributed by atoms with van der Waals surface area (Å²) in [5.41, 5.74) is 0.543. The normalized spacial score (nSPS) is 23.1. The topological polar surface area (TPSA) is 12.0 Å². The Morgan fingerprint density at radius 1 is 1.00 bits per heavy atom. The summed E-state index contributed by atoms with van der Waals surface area (Å²) >= 11 is 0. The molecule has 1 aliphatic rings. The van der Waals surface area contributed by atoms with Gasteiger partial charge in [-0.05, 0) is 31.2 Å². The van der Waals surface area contributed by atoms with Crippen molar-refractivity contribution in [3.63, 3.8) is 0 Å². The summed E-state index contributed by atoms with van der Waals surface area (Å²) in [6.45, 7) is 8.36. The molecule has 1 heteroatoms. The Hall–Kier alpha value is -0.0400. The third-order valence-corrected chi connectivity index (χ3v) is 4.43. The predicted molar refractivity (Wildman–Crippen MR) is 77.4 cm³/mol. The molecule has 0 aliphatic heterocycles. The van der Waals surface area contributed by atoms with Gasteiger partial charge in [0.15, 0.2) is 0 Å². The number of hydrogen-bond donors (Lipinski definition) is 1. The second-order valence-corrected chi connectivity index (χ2v) is 6.51. The lowest BCUT2D eigenvalue weighted by Crippen LogP contribution is -2.38. The molecule has 1 rings (SSSR count). The highest BCUT2D eigenvalue weighted by Gasteiger charge is 2.33. The molecule has 0 spiro atoms. The van der Waals surface area contributed by atoms with Gasteiger partial charge in [0.2, 0.25) is 0 Å². The quantitative estimate of drug-likeness (QED) is 0.564. The van der Waals surface area contributed by atoms with Gasteiger partial charge in [-0.1, -0.05) is 65.7 Å². The van der Waals surface area contributed by atoms with Crippen LogP contribution in [0.15, 0.2) is 0 Å². The maximum absolute atomic E-state index is 3.77. The summed E-state index contributed by atoms with van der Waals surface area (Å²) in [4.78, 5) is 0. The largest absolute Gasteiger partial charge is 0.313 e. The van der Waals surface area contributed by atoms with E-state index in [2.05, 4.69) is 26.1 Å². The van der Waals surface area contributed by atoms with Crippen LogP contribution in [-0.2, 0) is 0 Å². The van der Waals surface area contributed by atoms with Crippen molar-refractivity contribution in [3.8, 4) is 0 Å². The first-order valence-corrected chi connectivity index (χ1v) is 7.90. The molecule has 0 bridgehead atoms. The van der Waals surface area contributed by atoms with E-state index < -0.39 is 0 Å². The van der Waals surface area contributed by atoms with E-state index in [0.717, 1.165) is 6.04 Å². The molecule has 0 aromatic heterocycles. The van der Waals surface area contributed by atoms with E-state index in [1.165, 1.54) is 70.8 Å². The van der Waals surface area contributed by atoms with Crippen molar-refractivity contribution in [1.82, 2.24) is 5.32 Å². The number of hydrogen-bond acceptors (Lipinski definition) is 1.